The Kier molecular flexibility index (Phi) is 5.81. The number of hydrogen-bond acceptors (Lipinski definition) is 6. The molecule has 5 rings (SSSR count). The van der Waals surface area contributed by atoms with Crippen LogP contribution in [0.2, 0.25) is 0 Å². The Morgan fingerprint density at radius 1 is 0.853 bits per heavy atom. The largest absolute Gasteiger partial charge is 0.365 e. The molecule has 0 unspecified atom stereocenters. The average molecular weight is 445 g/mol. The van der Waals surface area contributed by atoms with E-state index in [1.165, 1.54) is 5.56 Å². The predicted molar refractivity (Wildman–Crippen MR) is 134 cm³/mol. The van der Waals surface area contributed by atoms with Gasteiger partial charge in [-0.25, -0.2) is 0 Å². The second-order valence-electron chi connectivity index (χ2n) is 8.65. The first-order valence-electron chi connectivity index (χ1n) is 11.4. The molecular weight excluding hydrogens is 420 g/mol. The Bertz CT molecular complexity index is 1400. The number of piperazine rings is 1. The van der Waals surface area contributed by atoms with Gasteiger partial charge >= 0.3 is 0 Å². The van der Waals surface area contributed by atoms with Crippen LogP contribution in [0.3, 0.4) is 0 Å². The Hall–Kier alpha value is -4.42. The van der Waals surface area contributed by atoms with Crippen molar-refractivity contribution >= 4 is 22.3 Å². The first-order chi connectivity index (χ1) is 16.7. The van der Waals surface area contributed by atoms with Crippen LogP contribution in [0.5, 0.6) is 0 Å². The smallest absolute Gasteiger partial charge is 0.159 e. The summed E-state index contributed by atoms with van der Waals surface area (Å²) in [6.07, 6.45) is 0.694. The van der Waals surface area contributed by atoms with Crippen molar-refractivity contribution in [3.8, 4) is 12.1 Å². The third-order valence-electron chi connectivity index (χ3n) is 6.44. The molecule has 166 valence electrons. The summed E-state index contributed by atoms with van der Waals surface area (Å²) in [5.74, 6) is 0.829. The number of rotatable bonds is 4. The maximum Gasteiger partial charge on any atom is 0.159 e. The maximum absolute atomic E-state index is 9.52. The topological polar surface area (TPSA) is 79.8 Å². The van der Waals surface area contributed by atoms with Crippen LogP contribution in [-0.4, -0.2) is 35.9 Å². The first-order valence-corrected chi connectivity index (χ1v) is 11.4. The van der Waals surface area contributed by atoms with Crippen molar-refractivity contribution in [1.82, 2.24) is 10.2 Å². The molecule has 1 atom stereocenters. The van der Waals surface area contributed by atoms with Crippen LogP contribution in [0, 0.1) is 22.7 Å². The zero-order valence-electron chi connectivity index (χ0n) is 19.0. The molecule has 1 aliphatic rings. The number of anilines is 2. The highest BCUT2D eigenvalue weighted by Gasteiger charge is 2.26. The van der Waals surface area contributed by atoms with Crippen LogP contribution in [0.25, 0.3) is 10.8 Å². The highest BCUT2D eigenvalue weighted by Crippen LogP contribution is 2.31. The van der Waals surface area contributed by atoms with E-state index < -0.39 is 0 Å². The fourth-order valence-corrected chi connectivity index (χ4v) is 4.68. The van der Waals surface area contributed by atoms with Crippen molar-refractivity contribution in [2.45, 2.75) is 19.4 Å². The normalized spacial score (nSPS) is 15.7. The highest BCUT2D eigenvalue weighted by molar-refractivity contribution is 5.94. The van der Waals surface area contributed by atoms with Gasteiger partial charge in [-0.1, -0.05) is 36.4 Å². The monoisotopic (exact) mass is 444 g/mol. The van der Waals surface area contributed by atoms with E-state index in [1.807, 2.05) is 60.7 Å². The van der Waals surface area contributed by atoms with Gasteiger partial charge in [-0.2, -0.15) is 15.6 Å². The van der Waals surface area contributed by atoms with E-state index in [1.54, 1.807) is 0 Å². The minimum Gasteiger partial charge on any atom is -0.365 e. The van der Waals surface area contributed by atoms with Gasteiger partial charge in [0.15, 0.2) is 5.82 Å². The van der Waals surface area contributed by atoms with Gasteiger partial charge in [-0.15, -0.1) is 5.10 Å². The van der Waals surface area contributed by atoms with Crippen molar-refractivity contribution in [3.63, 3.8) is 0 Å². The molecule has 4 aromatic rings. The molecule has 1 saturated heterocycles. The van der Waals surface area contributed by atoms with E-state index in [-0.39, 0.29) is 6.04 Å². The molecule has 34 heavy (non-hydrogen) atoms. The molecule has 6 heteroatoms. The van der Waals surface area contributed by atoms with E-state index in [9.17, 15) is 5.26 Å². The molecule has 2 heterocycles. The van der Waals surface area contributed by atoms with Gasteiger partial charge in [0.25, 0.3) is 0 Å². The fraction of sp³-hybridized carbons (Fsp3) is 0.214. The third-order valence-corrected chi connectivity index (χ3v) is 6.44. The standard InChI is InChI=1S/C28H24N6/c1-20-19-33(13-14-34(20)24-10-7-22(17-29)8-11-24)28-26-15-23(18-30)9-12-25(26)27(31-32-28)16-21-5-3-2-4-6-21/h2-12,15,20H,13-14,16,19H2,1H3/t20-/m0/s1. The number of fused-ring (bicyclic) bond motifs is 1. The summed E-state index contributed by atoms with van der Waals surface area (Å²) in [5.41, 5.74) is 4.50. The molecule has 0 aliphatic carbocycles. The predicted octanol–water partition coefficient (Wildman–Crippen LogP) is 4.68. The third kappa shape index (κ3) is 4.14. The number of nitriles is 2. The van der Waals surface area contributed by atoms with E-state index in [2.05, 4.69) is 51.2 Å². The van der Waals surface area contributed by atoms with Gasteiger partial charge in [0.05, 0.1) is 29.0 Å². The van der Waals surface area contributed by atoms with Crippen molar-refractivity contribution < 1.29 is 0 Å². The Morgan fingerprint density at radius 3 is 2.29 bits per heavy atom. The SMILES string of the molecule is C[C@H]1CN(c2nnc(Cc3ccccc3)c3ccc(C#N)cc23)CCN1c1ccc(C#N)cc1. The summed E-state index contributed by atoms with van der Waals surface area (Å²) in [7, 11) is 0. The molecule has 3 aromatic carbocycles. The maximum atomic E-state index is 9.52. The van der Waals surface area contributed by atoms with E-state index >= 15 is 0 Å². The highest BCUT2D eigenvalue weighted by atomic mass is 15.3. The number of nitrogens with zero attached hydrogens (tertiary/aromatic N) is 6. The molecule has 1 aromatic heterocycles. The number of hydrogen-bond donors (Lipinski definition) is 0. The van der Waals surface area contributed by atoms with Gasteiger partial charge in [0.1, 0.15) is 0 Å². The molecule has 0 radical (unpaired) electrons. The summed E-state index contributed by atoms with van der Waals surface area (Å²) in [6.45, 7) is 4.62. The molecule has 0 amide bonds. The second-order valence-corrected chi connectivity index (χ2v) is 8.65. The van der Waals surface area contributed by atoms with Crippen LogP contribution < -0.4 is 9.80 Å². The molecule has 0 bridgehead atoms. The summed E-state index contributed by atoms with van der Waals surface area (Å²) >= 11 is 0. The lowest BCUT2D eigenvalue weighted by molar-refractivity contribution is 0.547. The van der Waals surface area contributed by atoms with Crippen LogP contribution in [-0.2, 0) is 6.42 Å². The average Bonchev–Trinajstić information content (AvgIpc) is 2.89. The molecular formula is C28H24N6. The lowest BCUT2D eigenvalue weighted by Gasteiger charge is -2.42. The van der Waals surface area contributed by atoms with E-state index in [4.69, 9.17) is 5.26 Å². The second kappa shape index (κ2) is 9.21. The van der Waals surface area contributed by atoms with E-state index in [0.29, 0.717) is 17.5 Å². The molecule has 6 nitrogen and oxygen atoms in total. The molecule has 1 aliphatic heterocycles. The van der Waals surface area contributed by atoms with Crippen LogP contribution in [0.15, 0.2) is 72.8 Å². The fourth-order valence-electron chi connectivity index (χ4n) is 4.68. The minimum absolute atomic E-state index is 0.252. The first kappa shape index (κ1) is 21.4. The number of aromatic nitrogens is 2. The van der Waals surface area contributed by atoms with Crippen molar-refractivity contribution in [2.24, 2.45) is 0 Å². The molecule has 1 fully saturated rings. The summed E-state index contributed by atoms with van der Waals surface area (Å²) in [6, 6.07) is 28.5. The lowest BCUT2D eigenvalue weighted by Crippen LogP contribution is -2.52. The van der Waals surface area contributed by atoms with Gasteiger partial charge < -0.3 is 9.80 Å². The number of benzene rings is 3. The summed E-state index contributed by atoms with van der Waals surface area (Å²) in [4.78, 5) is 4.63. The van der Waals surface area contributed by atoms with Gasteiger partial charge in [0, 0.05) is 48.6 Å². The Balaban J connectivity index is 1.46. The zero-order chi connectivity index (χ0) is 23.5. The lowest BCUT2D eigenvalue weighted by atomic mass is 10.0. The zero-order valence-corrected chi connectivity index (χ0v) is 19.0. The quantitative estimate of drug-likeness (QED) is 0.455. The van der Waals surface area contributed by atoms with Gasteiger partial charge in [0.2, 0.25) is 0 Å². The van der Waals surface area contributed by atoms with E-state index in [0.717, 1.165) is 47.6 Å². The Labute approximate surface area is 199 Å². The summed E-state index contributed by atoms with van der Waals surface area (Å²) in [5, 5.41) is 29.9. The molecule has 0 spiro atoms. The molecule has 0 N–H and O–H groups in total. The molecule has 0 saturated carbocycles. The van der Waals surface area contributed by atoms with Gasteiger partial charge in [-0.05, 0) is 48.9 Å². The van der Waals surface area contributed by atoms with Crippen LogP contribution in [0.4, 0.5) is 11.5 Å². The minimum atomic E-state index is 0.252. The van der Waals surface area contributed by atoms with Crippen molar-refractivity contribution in [2.75, 3.05) is 29.4 Å². The Morgan fingerprint density at radius 2 is 1.59 bits per heavy atom. The van der Waals surface area contributed by atoms with Crippen LogP contribution in [0.1, 0.15) is 29.3 Å². The van der Waals surface area contributed by atoms with Gasteiger partial charge in [-0.3, -0.25) is 0 Å². The van der Waals surface area contributed by atoms with Crippen molar-refractivity contribution in [3.05, 3.63) is 95.2 Å². The van der Waals surface area contributed by atoms with Crippen LogP contribution >= 0.6 is 0 Å². The summed E-state index contributed by atoms with van der Waals surface area (Å²) < 4.78 is 0. The van der Waals surface area contributed by atoms with Crippen molar-refractivity contribution in [1.29, 1.82) is 10.5 Å².